The van der Waals surface area contributed by atoms with Crippen molar-refractivity contribution in [2.45, 2.75) is 25.7 Å². The first-order valence-corrected chi connectivity index (χ1v) is 11.8. The van der Waals surface area contributed by atoms with Gasteiger partial charge in [-0.2, -0.15) is 0 Å². The summed E-state index contributed by atoms with van der Waals surface area (Å²) in [6.45, 7) is 3.28. The van der Waals surface area contributed by atoms with Crippen LogP contribution in [0.4, 0.5) is 11.4 Å². The first-order chi connectivity index (χ1) is 16.0. The molecule has 0 radical (unpaired) electrons. The monoisotopic (exact) mass is 451 g/mol. The molecule has 0 saturated carbocycles. The molecule has 5 N–H and O–H groups in total. The highest BCUT2D eigenvalue weighted by Crippen LogP contribution is 2.27. The Morgan fingerprint density at radius 1 is 0.818 bits per heavy atom. The van der Waals surface area contributed by atoms with Gasteiger partial charge >= 0.3 is 11.9 Å². The number of carboxylic acids is 2. The molecule has 2 aliphatic heterocycles. The molecule has 0 bridgehead atoms. The molecule has 0 aliphatic carbocycles. The molecule has 176 valence electrons. The third kappa shape index (κ3) is 6.12. The average molecular weight is 452 g/mol. The van der Waals surface area contributed by atoms with Crippen LogP contribution in [0.5, 0.6) is 0 Å². The van der Waals surface area contributed by atoms with Gasteiger partial charge < -0.3 is 26.2 Å². The summed E-state index contributed by atoms with van der Waals surface area (Å²) in [6, 6.07) is 15.8. The molecule has 2 aliphatic rings. The number of hydrogen-bond acceptors (Lipinski definition) is 5. The van der Waals surface area contributed by atoms with E-state index in [1.165, 1.54) is 0 Å². The molecule has 0 aromatic heterocycles. The van der Waals surface area contributed by atoms with Crippen LogP contribution in [0.1, 0.15) is 24.0 Å². The van der Waals surface area contributed by atoms with Gasteiger partial charge in [0.15, 0.2) is 0 Å². The molecule has 2 aromatic carbocycles. The standard InChI is InChI=1S/C26H33N3O4/c30-25(31)23(19-7-9-27-15-19)13-17-3-1-5-21(11-17)29-22-6-2-4-18(12-22)14-24(26(32)33)20-8-10-28-16-20/h1-6,11-12,19-20,23-24,27-29H,7-10,13-16H2,(H,30,31)(H,32,33)/t19-,20?,23-,24-/m0/s1. The largest absolute Gasteiger partial charge is 0.481 e. The van der Waals surface area contributed by atoms with Crippen molar-refractivity contribution in [2.75, 3.05) is 31.5 Å². The minimum absolute atomic E-state index is 0.160. The van der Waals surface area contributed by atoms with E-state index in [4.69, 9.17) is 0 Å². The number of aliphatic carboxylic acids is 2. The predicted octanol–water partition coefficient (Wildman–Crippen LogP) is 3.14. The Morgan fingerprint density at radius 3 is 1.64 bits per heavy atom. The minimum Gasteiger partial charge on any atom is -0.481 e. The van der Waals surface area contributed by atoms with Gasteiger partial charge in [0.25, 0.3) is 0 Å². The number of carbonyl (C=O) groups is 2. The number of hydrogen-bond donors (Lipinski definition) is 5. The van der Waals surface area contributed by atoms with Gasteiger partial charge in [-0.05, 0) is 99.1 Å². The lowest BCUT2D eigenvalue weighted by Crippen LogP contribution is -2.27. The highest BCUT2D eigenvalue weighted by atomic mass is 16.4. The Balaban J connectivity index is 1.43. The maximum Gasteiger partial charge on any atom is 0.307 e. The Kier molecular flexibility index (Phi) is 7.62. The Morgan fingerprint density at radius 2 is 1.27 bits per heavy atom. The molecule has 2 fully saturated rings. The topological polar surface area (TPSA) is 111 Å². The second-order valence-electron chi connectivity index (χ2n) is 9.33. The van der Waals surface area contributed by atoms with E-state index in [-0.39, 0.29) is 11.8 Å². The van der Waals surface area contributed by atoms with E-state index < -0.39 is 23.8 Å². The smallest absolute Gasteiger partial charge is 0.307 e. The fraction of sp³-hybridized carbons (Fsp3) is 0.462. The van der Waals surface area contributed by atoms with Gasteiger partial charge in [0.1, 0.15) is 0 Å². The molecule has 2 heterocycles. The summed E-state index contributed by atoms with van der Waals surface area (Å²) in [4.78, 5) is 23.7. The first kappa shape index (κ1) is 23.3. The molecule has 33 heavy (non-hydrogen) atoms. The van der Waals surface area contributed by atoms with Crippen LogP contribution in [0.3, 0.4) is 0 Å². The van der Waals surface area contributed by atoms with Crippen molar-refractivity contribution in [3.8, 4) is 0 Å². The first-order valence-electron chi connectivity index (χ1n) is 11.8. The number of nitrogens with one attached hydrogen (secondary N) is 3. The molecule has 2 aromatic rings. The quantitative estimate of drug-likeness (QED) is 0.377. The van der Waals surface area contributed by atoms with Gasteiger partial charge in [-0.25, -0.2) is 0 Å². The van der Waals surface area contributed by atoms with Crippen LogP contribution >= 0.6 is 0 Å². The number of carboxylic acid groups (broad SMARTS) is 2. The normalized spacial score (nSPS) is 22.1. The Hall–Kier alpha value is -2.90. The summed E-state index contributed by atoms with van der Waals surface area (Å²) in [5.41, 5.74) is 3.78. The Labute approximate surface area is 194 Å². The summed E-state index contributed by atoms with van der Waals surface area (Å²) in [6.07, 6.45) is 2.81. The van der Waals surface area contributed by atoms with Crippen LogP contribution in [0, 0.1) is 23.7 Å². The van der Waals surface area contributed by atoms with Crippen LogP contribution < -0.4 is 16.0 Å². The van der Waals surface area contributed by atoms with Crippen LogP contribution in [0.15, 0.2) is 48.5 Å². The summed E-state index contributed by atoms with van der Waals surface area (Å²) in [7, 11) is 0. The second-order valence-corrected chi connectivity index (χ2v) is 9.33. The van der Waals surface area contributed by atoms with Crippen molar-refractivity contribution >= 4 is 23.3 Å². The van der Waals surface area contributed by atoms with Gasteiger partial charge in [-0.15, -0.1) is 0 Å². The molecule has 7 heteroatoms. The van der Waals surface area contributed by atoms with Crippen molar-refractivity contribution in [2.24, 2.45) is 23.7 Å². The van der Waals surface area contributed by atoms with E-state index in [1.54, 1.807) is 0 Å². The van der Waals surface area contributed by atoms with E-state index in [9.17, 15) is 19.8 Å². The molecular weight excluding hydrogens is 418 g/mol. The SMILES string of the molecule is O=C(O)[C@@H](Cc1cccc(Nc2cccc(C[C@H](C(=O)O)[C@H]3CCNC3)c2)c1)C1CCNC1. The van der Waals surface area contributed by atoms with Gasteiger partial charge in [0.05, 0.1) is 11.8 Å². The van der Waals surface area contributed by atoms with Crippen molar-refractivity contribution in [1.29, 1.82) is 0 Å². The maximum absolute atomic E-state index is 11.8. The highest BCUT2D eigenvalue weighted by Gasteiger charge is 2.31. The second kappa shape index (κ2) is 10.8. The van der Waals surface area contributed by atoms with E-state index >= 15 is 0 Å². The summed E-state index contributed by atoms with van der Waals surface area (Å²) >= 11 is 0. The van der Waals surface area contributed by atoms with Crippen LogP contribution in [-0.4, -0.2) is 48.3 Å². The fourth-order valence-corrected chi connectivity index (χ4v) is 5.18. The molecular formula is C26H33N3O4. The lowest BCUT2D eigenvalue weighted by molar-refractivity contribution is -0.144. The zero-order chi connectivity index (χ0) is 23.2. The number of rotatable bonds is 10. The van der Waals surface area contributed by atoms with E-state index in [0.717, 1.165) is 61.5 Å². The third-order valence-electron chi connectivity index (χ3n) is 7.02. The zero-order valence-corrected chi connectivity index (χ0v) is 18.8. The summed E-state index contributed by atoms with van der Waals surface area (Å²) in [5, 5.41) is 29.4. The molecule has 2 saturated heterocycles. The van der Waals surface area contributed by atoms with Crippen LogP contribution in [0.2, 0.25) is 0 Å². The predicted molar refractivity (Wildman–Crippen MR) is 128 cm³/mol. The lowest BCUT2D eigenvalue weighted by Gasteiger charge is -2.20. The number of benzene rings is 2. The van der Waals surface area contributed by atoms with Crippen molar-refractivity contribution in [1.82, 2.24) is 10.6 Å². The van der Waals surface area contributed by atoms with Gasteiger partial charge in [0, 0.05) is 11.4 Å². The summed E-state index contributed by atoms with van der Waals surface area (Å²) < 4.78 is 0. The molecule has 7 nitrogen and oxygen atoms in total. The van der Waals surface area contributed by atoms with Crippen molar-refractivity contribution in [3.05, 3.63) is 59.7 Å². The van der Waals surface area contributed by atoms with Crippen LogP contribution in [-0.2, 0) is 22.4 Å². The third-order valence-corrected chi connectivity index (χ3v) is 7.02. The molecule has 0 spiro atoms. The lowest BCUT2D eigenvalue weighted by atomic mass is 9.86. The van der Waals surface area contributed by atoms with Gasteiger partial charge in [-0.1, -0.05) is 24.3 Å². The van der Waals surface area contributed by atoms with E-state index in [0.29, 0.717) is 12.8 Å². The van der Waals surface area contributed by atoms with Gasteiger partial charge in [-0.3, -0.25) is 9.59 Å². The Bertz CT molecular complexity index is 890. The van der Waals surface area contributed by atoms with Crippen molar-refractivity contribution < 1.29 is 19.8 Å². The fourth-order valence-electron chi connectivity index (χ4n) is 5.18. The zero-order valence-electron chi connectivity index (χ0n) is 18.8. The highest BCUT2D eigenvalue weighted by molar-refractivity contribution is 5.72. The maximum atomic E-state index is 11.8. The van der Waals surface area contributed by atoms with Crippen molar-refractivity contribution in [3.63, 3.8) is 0 Å². The minimum atomic E-state index is -0.736. The number of anilines is 2. The van der Waals surface area contributed by atoms with E-state index in [1.807, 2.05) is 48.5 Å². The molecule has 1 unspecified atom stereocenters. The molecule has 4 rings (SSSR count). The van der Waals surface area contributed by atoms with E-state index in [2.05, 4.69) is 16.0 Å². The molecule has 4 atom stereocenters. The average Bonchev–Trinajstić information content (AvgIpc) is 3.50. The summed E-state index contributed by atoms with van der Waals surface area (Å²) in [5.74, 6) is -1.94. The molecule has 0 amide bonds. The van der Waals surface area contributed by atoms with Crippen LogP contribution in [0.25, 0.3) is 0 Å². The van der Waals surface area contributed by atoms with Gasteiger partial charge in [0.2, 0.25) is 0 Å².